The summed E-state index contributed by atoms with van der Waals surface area (Å²) in [4.78, 5) is 15.8. The van der Waals surface area contributed by atoms with E-state index in [1.807, 2.05) is 62.4 Å². The summed E-state index contributed by atoms with van der Waals surface area (Å²) in [5, 5.41) is 4.19. The fourth-order valence-corrected chi connectivity index (χ4v) is 3.95. The molecule has 0 atom stereocenters. The summed E-state index contributed by atoms with van der Waals surface area (Å²) in [5.74, 6) is 2.03. The second kappa shape index (κ2) is 8.68. The average Bonchev–Trinajstić information content (AvgIpc) is 3.15. The molecule has 0 fully saturated rings. The highest BCUT2D eigenvalue weighted by Crippen LogP contribution is 2.34. The lowest BCUT2D eigenvalue weighted by Crippen LogP contribution is -2.14. The normalized spacial score (nSPS) is 11.1. The summed E-state index contributed by atoms with van der Waals surface area (Å²) in [6, 6.07) is 19.8. The highest BCUT2D eigenvalue weighted by molar-refractivity contribution is 5.92. The Morgan fingerprint density at radius 1 is 1.00 bits per heavy atom. The number of aromatic amines is 1. The van der Waals surface area contributed by atoms with Crippen LogP contribution in [0.3, 0.4) is 0 Å². The van der Waals surface area contributed by atoms with Crippen molar-refractivity contribution in [3.63, 3.8) is 0 Å². The molecule has 4 aromatic rings. The third kappa shape index (κ3) is 4.64. The number of anilines is 1. The fourth-order valence-electron chi connectivity index (χ4n) is 3.95. The predicted octanol–water partition coefficient (Wildman–Crippen LogP) is 6.88. The van der Waals surface area contributed by atoms with Crippen molar-refractivity contribution in [1.82, 2.24) is 4.98 Å². The number of nitrogens with one attached hydrogen (secondary N) is 2. The van der Waals surface area contributed by atoms with Gasteiger partial charge in [-0.05, 0) is 72.4 Å². The molecule has 1 heterocycles. The first kappa shape index (κ1) is 20.7. The van der Waals surface area contributed by atoms with Gasteiger partial charge in [0, 0.05) is 22.8 Å². The van der Waals surface area contributed by atoms with Crippen molar-refractivity contribution >= 4 is 22.5 Å². The predicted molar refractivity (Wildman–Crippen MR) is 127 cm³/mol. The topological polar surface area (TPSA) is 54.1 Å². The minimum absolute atomic E-state index is 0.0298. The van der Waals surface area contributed by atoms with Crippen LogP contribution < -0.4 is 10.1 Å². The first-order valence-corrected chi connectivity index (χ1v) is 10.6. The van der Waals surface area contributed by atoms with Crippen molar-refractivity contribution in [2.75, 3.05) is 5.32 Å². The number of benzene rings is 3. The number of aromatic nitrogens is 1. The van der Waals surface area contributed by atoms with Crippen LogP contribution in [0.4, 0.5) is 5.69 Å². The van der Waals surface area contributed by atoms with Gasteiger partial charge in [-0.25, -0.2) is 0 Å². The molecule has 1 aromatic heterocycles. The molecule has 1 amide bonds. The van der Waals surface area contributed by atoms with E-state index in [0.717, 1.165) is 39.4 Å². The third-order valence-electron chi connectivity index (χ3n) is 5.48. The first-order chi connectivity index (χ1) is 14.9. The molecule has 2 N–H and O–H groups in total. The van der Waals surface area contributed by atoms with E-state index in [1.165, 1.54) is 10.9 Å². The van der Waals surface area contributed by atoms with Crippen LogP contribution >= 0.6 is 0 Å². The summed E-state index contributed by atoms with van der Waals surface area (Å²) >= 11 is 0. The maximum atomic E-state index is 12.4. The Balaban J connectivity index is 1.53. The van der Waals surface area contributed by atoms with Crippen LogP contribution in [0.2, 0.25) is 0 Å². The van der Waals surface area contributed by atoms with Gasteiger partial charge in [0.05, 0.1) is 6.42 Å². The summed E-state index contributed by atoms with van der Waals surface area (Å²) in [6.07, 6.45) is 2.43. The largest absolute Gasteiger partial charge is 0.457 e. The van der Waals surface area contributed by atoms with Gasteiger partial charge >= 0.3 is 0 Å². The Kier molecular flexibility index (Phi) is 5.81. The van der Waals surface area contributed by atoms with Crippen LogP contribution in [0.1, 0.15) is 42.0 Å². The van der Waals surface area contributed by atoms with E-state index in [9.17, 15) is 4.79 Å². The molecular weight excluding hydrogens is 384 g/mol. The van der Waals surface area contributed by atoms with Gasteiger partial charge in [-0.2, -0.15) is 0 Å². The van der Waals surface area contributed by atoms with Crippen molar-refractivity contribution in [2.24, 2.45) is 0 Å². The number of carbonyl (C=O) groups excluding carboxylic acids is 1. The number of H-pyrrole nitrogens is 1. The van der Waals surface area contributed by atoms with Gasteiger partial charge in [0.15, 0.2) is 0 Å². The van der Waals surface area contributed by atoms with Crippen LogP contribution in [0.25, 0.3) is 10.9 Å². The average molecular weight is 413 g/mol. The molecule has 0 spiro atoms. The van der Waals surface area contributed by atoms with E-state index in [1.54, 1.807) is 0 Å². The Bertz CT molecular complexity index is 1200. The van der Waals surface area contributed by atoms with Gasteiger partial charge in [0.2, 0.25) is 5.91 Å². The van der Waals surface area contributed by atoms with E-state index in [0.29, 0.717) is 12.3 Å². The number of hydrogen-bond donors (Lipinski definition) is 2. The lowest BCUT2D eigenvalue weighted by atomic mass is 10.0. The number of carbonyl (C=O) groups is 1. The molecule has 4 rings (SSSR count). The molecule has 0 saturated carbocycles. The van der Waals surface area contributed by atoms with Crippen molar-refractivity contribution in [3.8, 4) is 11.5 Å². The van der Waals surface area contributed by atoms with Gasteiger partial charge in [0.1, 0.15) is 11.5 Å². The summed E-state index contributed by atoms with van der Waals surface area (Å²) in [7, 11) is 0. The molecular formula is C27H28N2O2. The number of fused-ring (bicyclic) bond motifs is 1. The molecule has 0 aliphatic heterocycles. The van der Waals surface area contributed by atoms with Crippen LogP contribution in [-0.2, 0) is 11.2 Å². The van der Waals surface area contributed by atoms with Crippen LogP contribution in [0.15, 0.2) is 66.9 Å². The first-order valence-electron chi connectivity index (χ1n) is 10.6. The quantitative estimate of drug-likeness (QED) is 0.363. The molecule has 158 valence electrons. The number of rotatable bonds is 6. The maximum absolute atomic E-state index is 12.4. The SMILES string of the molecule is Cc1cc(NC(=O)Cc2ccccc2)cc(C)c1Oc1ccc2[nH]cc(C(C)C)c2c1. The van der Waals surface area contributed by atoms with E-state index in [2.05, 4.69) is 42.5 Å². The Labute approximate surface area is 183 Å². The number of aryl methyl sites for hydroxylation is 2. The van der Waals surface area contributed by atoms with Crippen molar-refractivity contribution < 1.29 is 9.53 Å². The summed E-state index contributed by atoms with van der Waals surface area (Å²) in [6.45, 7) is 8.39. The zero-order valence-electron chi connectivity index (χ0n) is 18.5. The number of amides is 1. The van der Waals surface area contributed by atoms with Crippen molar-refractivity contribution in [3.05, 3.63) is 89.1 Å². The standard InChI is InChI=1S/C27H28N2O2/c1-17(2)24-16-28-25-11-10-22(15-23(24)25)31-27-18(3)12-21(13-19(27)4)29-26(30)14-20-8-6-5-7-9-20/h5-13,15-17,28H,14H2,1-4H3,(H,29,30). The number of ether oxygens (including phenoxy) is 1. The lowest BCUT2D eigenvalue weighted by Gasteiger charge is -2.15. The van der Waals surface area contributed by atoms with E-state index in [4.69, 9.17) is 4.74 Å². The lowest BCUT2D eigenvalue weighted by molar-refractivity contribution is -0.115. The minimum atomic E-state index is -0.0298. The van der Waals surface area contributed by atoms with Gasteiger partial charge in [-0.15, -0.1) is 0 Å². The zero-order valence-corrected chi connectivity index (χ0v) is 18.5. The molecule has 0 radical (unpaired) electrons. The highest BCUT2D eigenvalue weighted by Gasteiger charge is 2.13. The van der Waals surface area contributed by atoms with Gasteiger partial charge in [-0.3, -0.25) is 4.79 Å². The molecule has 4 nitrogen and oxygen atoms in total. The van der Waals surface area contributed by atoms with Crippen molar-refractivity contribution in [1.29, 1.82) is 0 Å². The highest BCUT2D eigenvalue weighted by atomic mass is 16.5. The van der Waals surface area contributed by atoms with E-state index < -0.39 is 0 Å². The third-order valence-corrected chi connectivity index (χ3v) is 5.48. The molecule has 31 heavy (non-hydrogen) atoms. The van der Waals surface area contributed by atoms with Gasteiger partial charge in [-0.1, -0.05) is 44.2 Å². The second-order valence-corrected chi connectivity index (χ2v) is 8.36. The smallest absolute Gasteiger partial charge is 0.228 e. The summed E-state index contributed by atoms with van der Waals surface area (Å²) < 4.78 is 6.28. The Morgan fingerprint density at radius 3 is 2.39 bits per heavy atom. The Morgan fingerprint density at radius 2 is 1.71 bits per heavy atom. The van der Waals surface area contributed by atoms with E-state index in [-0.39, 0.29) is 5.91 Å². The molecule has 0 aliphatic rings. The zero-order chi connectivity index (χ0) is 22.0. The van der Waals surface area contributed by atoms with Gasteiger partial charge in [0.25, 0.3) is 0 Å². The fraction of sp³-hybridized carbons (Fsp3) is 0.222. The monoisotopic (exact) mass is 412 g/mol. The van der Waals surface area contributed by atoms with Crippen molar-refractivity contribution in [2.45, 2.75) is 40.0 Å². The minimum Gasteiger partial charge on any atom is -0.457 e. The molecule has 0 saturated heterocycles. The second-order valence-electron chi connectivity index (χ2n) is 8.36. The van der Waals surface area contributed by atoms with Crippen LogP contribution in [0, 0.1) is 13.8 Å². The van der Waals surface area contributed by atoms with Crippen LogP contribution in [-0.4, -0.2) is 10.9 Å². The maximum Gasteiger partial charge on any atom is 0.228 e. The Hall–Kier alpha value is -3.53. The molecule has 4 heteroatoms. The summed E-state index contributed by atoms with van der Waals surface area (Å²) in [5.41, 5.74) is 6.13. The molecule has 0 bridgehead atoms. The molecule has 0 aliphatic carbocycles. The van der Waals surface area contributed by atoms with Crippen LogP contribution in [0.5, 0.6) is 11.5 Å². The van der Waals surface area contributed by atoms with E-state index >= 15 is 0 Å². The number of hydrogen-bond acceptors (Lipinski definition) is 2. The molecule has 0 unspecified atom stereocenters. The van der Waals surface area contributed by atoms with Gasteiger partial charge < -0.3 is 15.0 Å². The molecule has 3 aromatic carbocycles.